The van der Waals surface area contributed by atoms with Gasteiger partial charge < -0.3 is 14.8 Å². The lowest BCUT2D eigenvalue weighted by atomic mass is 9.96. The van der Waals surface area contributed by atoms with E-state index in [1.807, 2.05) is 26.0 Å². The second kappa shape index (κ2) is 9.39. The molecule has 2 rings (SSSR count). The first-order chi connectivity index (χ1) is 11.1. The molecule has 0 heterocycles. The SMILES string of the molecule is COc1cc(Cl)cc(CNC2CCCCCCC2)c1OC(C)C. The molecule has 1 saturated carbocycles. The van der Waals surface area contributed by atoms with Crippen LogP contribution in [0.2, 0.25) is 5.02 Å². The Morgan fingerprint density at radius 2 is 1.78 bits per heavy atom. The van der Waals surface area contributed by atoms with Crippen LogP contribution in [-0.4, -0.2) is 19.3 Å². The van der Waals surface area contributed by atoms with E-state index >= 15 is 0 Å². The third-order valence-electron chi connectivity index (χ3n) is 4.36. The summed E-state index contributed by atoms with van der Waals surface area (Å²) in [6, 6.07) is 4.39. The normalized spacial score (nSPS) is 16.9. The fourth-order valence-electron chi connectivity index (χ4n) is 3.19. The molecule has 1 aliphatic carbocycles. The van der Waals surface area contributed by atoms with Gasteiger partial charge in [-0.05, 0) is 32.8 Å². The second-order valence-electron chi connectivity index (χ2n) is 6.69. The van der Waals surface area contributed by atoms with Gasteiger partial charge in [-0.1, -0.05) is 43.7 Å². The van der Waals surface area contributed by atoms with Crippen LogP contribution >= 0.6 is 11.6 Å². The molecule has 0 aliphatic heterocycles. The Kier molecular flexibility index (Phi) is 7.51. The zero-order chi connectivity index (χ0) is 16.7. The molecule has 23 heavy (non-hydrogen) atoms. The number of halogens is 1. The maximum atomic E-state index is 6.24. The number of nitrogens with one attached hydrogen (secondary N) is 1. The molecule has 1 N–H and O–H groups in total. The molecule has 0 radical (unpaired) electrons. The van der Waals surface area contributed by atoms with Crippen LogP contribution < -0.4 is 14.8 Å². The van der Waals surface area contributed by atoms with Gasteiger partial charge >= 0.3 is 0 Å². The second-order valence-corrected chi connectivity index (χ2v) is 7.12. The zero-order valence-corrected chi connectivity index (χ0v) is 15.4. The molecule has 1 fully saturated rings. The molecule has 1 aromatic carbocycles. The molecule has 130 valence electrons. The van der Waals surface area contributed by atoms with Crippen molar-refractivity contribution in [3.05, 3.63) is 22.7 Å². The van der Waals surface area contributed by atoms with Crippen molar-refractivity contribution in [3.63, 3.8) is 0 Å². The van der Waals surface area contributed by atoms with Gasteiger partial charge in [-0.15, -0.1) is 0 Å². The van der Waals surface area contributed by atoms with Gasteiger partial charge in [-0.3, -0.25) is 0 Å². The van der Waals surface area contributed by atoms with Gasteiger partial charge in [-0.2, -0.15) is 0 Å². The van der Waals surface area contributed by atoms with Crippen molar-refractivity contribution in [2.45, 2.75) is 77.5 Å². The standard InChI is InChI=1S/C19H30ClNO2/c1-14(2)23-19-15(11-16(20)12-18(19)22-3)13-21-17-9-7-5-4-6-8-10-17/h11-12,14,17,21H,4-10,13H2,1-3H3. The van der Waals surface area contributed by atoms with Gasteiger partial charge in [0.25, 0.3) is 0 Å². The summed E-state index contributed by atoms with van der Waals surface area (Å²) < 4.78 is 11.4. The zero-order valence-electron chi connectivity index (χ0n) is 14.7. The number of ether oxygens (including phenoxy) is 2. The average Bonchev–Trinajstić information content (AvgIpc) is 2.47. The first kappa shape index (κ1) is 18.4. The Hall–Kier alpha value is -0.930. The number of benzene rings is 1. The highest BCUT2D eigenvalue weighted by molar-refractivity contribution is 6.30. The van der Waals surface area contributed by atoms with Crippen LogP contribution in [0.25, 0.3) is 0 Å². The topological polar surface area (TPSA) is 30.5 Å². The van der Waals surface area contributed by atoms with Crippen molar-refractivity contribution in [2.75, 3.05) is 7.11 Å². The Bertz CT molecular complexity index is 483. The highest BCUT2D eigenvalue weighted by Gasteiger charge is 2.16. The molecule has 1 aromatic rings. The minimum Gasteiger partial charge on any atom is -0.493 e. The van der Waals surface area contributed by atoms with E-state index in [0.717, 1.165) is 17.9 Å². The van der Waals surface area contributed by atoms with Gasteiger partial charge in [0.1, 0.15) is 0 Å². The number of rotatable bonds is 6. The van der Waals surface area contributed by atoms with E-state index < -0.39 is 0 Å². The van der Waals surface area contributed by atoms with Crippen LogP contribution in [-0.2, 0) is 6.54 Å². The van der Waals surface area contributed by atoms with Gasteiger partial charge in [0.05, 0.1) is 13.2 Å². The summed E-state index contributed by atoms with van der Waals surface area (Å²) in [6.45, 7) is 4.82. The molecular weight excluding hydrogens is 310 g/mol. The lowest BCUT2D eigenvalue weighted by Gasteiger charge is -2.23. The van der Waals surface area contributed by atoms with Crippen molar-refractivity contribution < 1.29 is 9.47 Å². The molecular formula is C19H30ClNO2. The van der Waals surface area contributed by atoms with Crippen molar-refractivity contribution in [1.29, 1.82) is 0 Å². The molecule has 0 bridgehead atoms. The highest BCUT2D eigenvalue weighted by Crippen LogP contribution is 2.35. The summed E-state index contributed by atoms with van der Waals surface area (Å²) >= 11 is 6.24. The van der Waals surface area contributed by atoms with Crippen molar-refractivity contribution >= 4 is 11.6 Å². The Labute approximate surface area is 145 Å². The highest BCUT2D eigenvalue weighted by atomic mass is 35.5. The fraction of sp³-hybridized carbons (Fsp3) is 0.684. The third kappa shape index (κ3) is 5.89. The Morgan fingerprint density at radius 1 is 1.13 bits per heavy atom. The minimum atomic E-state index is 0.102. The van der Waals surface area contributed by atoms with Crippen molar-refractivity contribution in [1.82, 2.24) is 5.32 Å². The first-order valence-electron chi connectivity index (χ1n) is 8.86. The van der Waals surface area contributed by atoms with Gasteiger partial charge in [0, 0.05) is 29.2 Å². The average molecular weight is 340 g/mol. The van der Waals surface area contributed by atoms with Crippen molar-refractivity contribution in [2.24, 2.45) is 0 Å². The summed E-state index contributed by atoms with van der Waals surface area (Å²) in [6.07, 6.45) is 9.40. The van der Waals surface area contributed by atoms with Crippen LogP contribution in [0.4, 0.5) is 0 Å². The molecule has 0 spiro atoms. The van der Waals surface area contributed by atoms with E-state index in [1.54, 1.807) is 7.11 Å². The van der Waals surface area contributed by atoms with E-state index in [-0.39, 0.29) is 6.10 Å². The number of hydrogen-bond acceptors (Lipinski definition) is 3. The first-order valence-corrected chi connectivity index (χ1v) is 9.24. The summed E-state index contributed by atoms with van der Waals surface area (Å²) in [4.78, 5) is 0. The van der Waals surface area contributed by atoms with E-state index in [9.17, 15) is 0 Å². The Morgan fingerprint density at radius 3 is 2.39 bits per heavy atom. The van der Waals surface area contributed by atoms with Crippen LogP contribution in [0.3, 0.4) is 0 Å². The van der Waals surface area contributed by atoms with Gasteiger partial charge in [0.2, 0.25) is 0 Å². The van der Waals surface area contributed by atoms with E-state index in [2.05, 4.69) is 5.32 Å². The molecule has 0 unspecified atom stereocenters. The molecule has 3 nitrogen and oxygen atoms in total. The minimum absolute atomic E-state index is 0.102. The molecule has 0 aromatic heterocycles. The quantitative estimate of drug-likeness (QED) is 0.759. The van der Waals surface area contributed by atoms with Crippen LogP contribution in [0.15, 0.2) is 12.1 Å². The maximum absolute atomic E-state index is 6.24. The third-order valence-corrected chi connectivity index (χ3v) is 4.57. The summed E-state index contributed by atoms with van der Waals surface area (Å²) in [5.41, 5.74) is 1.07. The van der Waals surface area contributed by atoms with Crippen LogP contribution in [0.5, 0.6) is 11.5 Å². The molecule has 0 saturated heterocycles. The predicted molar refractivity (Wildman–Crippen MR) is 96.7 cm³/mol. The lowest BCUT2D eigenvalue weighted by Crippen LogP contribution is -2.29. The molecule has 0 amide bonds. The number of hydrogen-bond donors (Lipinski definition) is 1. The predicted octanol–water partition coefficient (Wildman–Crippen LogP) is 5.34. The van der Waals surface area contributed by atoms with E-state index in [4.69, 9.17) is 21.1 Å². The summed E-state index contributed by atoms with van der Waals surface area (Å²) in [7, 11) is 1.66. The summed E-state index contributed by atoms with van der Waals surface area (Å²) in [5.74, 6) is 1.52. The molecule has 4 heteroatoms. The number of methoxy groups -OCH3 is 1. The van der Waals surface area contributed by atoms with Gasteiger partial charge in [0.15, 0.2) is 11.5 Å². The molecule has 1 aliphatic rings. The Balaban J connectivity index is 2.08. The van der Waals surface area contributed by atoms with Gasteiger partial charge in [-0.25, -0.2) is 0 Å². The van der Waals surface area contributed by atoms with Crippen LogP contribution in [0.1, 0.15) is 64.4 Å². The lowest BCUT2D eigenvalue weighted by molar-refractivity contribution is 0.226. The summed E-state index contributed by atoms with van der Waals surface area (Å²) in [5, 5.41) is 4.39. The van der Waals surface area contributed by atoms with Crippen LogP contribution in [0, 0.1) is 0 Å². The monoisotopic (exact) mass is 339 g/mol. The van der Waals surface area contributed by atoms with E-state index in [1.165, 1.54) is 44.9 Å². The molecule has 0 atom stereocenters. The maximum Gasteiger partial charge on any atom is 0.166 e. The largest absolute Gasteiger partial charge is 0.493 e. The fourth-order valence-corrected chi connectivity index (χ4v) is 3.42. The van der Waals surface area contributed by atoms with E-state index in [0.29, 0.717) is 16.8 Å². The van der Waals surface area contributed by atoms with Crippen molar-refractivity contribution in [3.8, 4) is 11.5 Å². The smallest absolute Gasteiger partial charge is 0.166 e.